The van der Waals surface area contributed by atoms with Crippen LogP contribution in [0.1, 0.15) is 203 Å². The Morgan fingerprint density at radius 2 is 0.787 bits per heavy atom. The Morgan fingerprint density at radius 3 is 1.26 bits per heavy atom. The van der Waals surface area contributed by atoms with E-state index in [4.69, 9.17) is 20.0 Å². The average Bonchev–Trinajstić information content (AvgIpc) is 1.84. The van der Waals surface area contributed by atoms with Crippen LogP contribution in [0.2, 0.25) is 0 Å². The van der Waals surface area contributed by atoms with Crippen molar-refractivity contribution >= 4 is 49.9 Å². The fraction of sp³-hybridized carbons (Fsp3) is 0.310. The molecule has 6 aromatic carbocycles. The standard InChI is InChI=1S/C87H92N6O/c1-82(2,3)60-41-57(42-61(47-60)83(4,5)6)77-70-35-33-68(88-70)76(54-25-23-53(24-26-54)67-32-30-56-28-27-55-29-31-66(92-80(55)81(56)93-67)52-21-19-51(50-94)20-22-52)69-34-36-71(89-69)78(58-43-62(84(7,8)9)48-63(44-58)85(10,11)12)73-38-40-75(91-73)79(74-39-37-72(77)90-74)59-45-64(86(13,14)15)49-65(46-59)87(16,17)18/h19-49,72,77,89-90,94H,50H2,1-18H3/b76-68-,78-73-,79-74-/t72-,77-/m0/s1. The summed E-state index contributed by atoms with van der Waals surface area (Å²) in [5.41, 5.74) is 27.5. The summed E-state index contributed by atoms with van der Waals surface area (Å²) in [4.78, 5) is 26.5. The van der Waals surface area contributed by atoms with Crippen LogP contribution in [0, 0.1) is 0 Å². The molecule has 0 saturated carbocycles. The minimum atomic E-state index is -0.184. The number of aliphatic hydroxyl groups is 1. The quantitative estimate of drug-likeness (QED) is 0.138. The monoisotopic (exact) mass is 1240 g/mol. The molecule has 0 spiro atoms. The van der Waals surface area contributed by atoms with Gasteiger partial charge in [0.25, 0.3) is 0 Å². The van der Waals surface area contributed by atoms with Crippen LogP contribution in [0.5, 0.6) is 0 Å². The summed E-state index contributed by atoms with van der Waals surface area (Å²) in [7, 11) is 0. The maximum absolute atomic E-state index is 9.75. The second-order valence-corrected chi connectivity index (χ2v) is 32.8. The molecule has 94 heavy (non-hydrogen) atoms. The molecule has 3 N–H and O–H groups in total. The Kier molecular flexibility index (Phi) is 15.7. The number of hydrogen-bond donors (Lipinski definition) is 3. The maximum Gasteiger partial charge on any atom is 0.0972 e. The molecule has 2 atom stereocenters. The third-order valence-electron chi connectivity index (χ3n) is 19.4. The Morgan fingerprint density at radius 1 is 0.383 bits per heavy atom. The first-order valence-electron chi connectivity index (χ1n) is 33.7. The second-order valence-electron chi connectivity index (χ2n) is 32.8. The molecule has 7 heterocycles. The number of H-pyrrole nitrogens is 1. The van der Waals surface area contributed by atoms with Crippen LogP contribution >= 0.6 is 0 Å². The Bertz CT molecular complexity index is 4710. The number of aliphatic imine (C=N–C) groups is 2. The lowest BCUT2D eigenvalue weighted by molar-refractivity contribution is 0.282. The minimum Gasteiger partial charge on any atom is -0.392 e. The second kappa shape index (κ2) is 23.2. The molecule has 3 aromatic heterocycles. The number of fused-ring (bicyclic) bond motifs is 9. The normalized spacial score (nSPS) is 19.4. The zero-order valence-corrected chi connectivity index (χ0v) is 58.5. The summed E-state index contributed by atoms with van der Waals surface area (Å²) in [5, 5.41) is 16.0. The van der Waals surface area contributed by atoms with Crippen molar-refractivity contribution in [3.63, 3.8) is 0 Å². The number of benzene rings is 6. The fourth-order valence-corrected chi connectivity index (χ4v) is 13.4. The summed E-state index contributed by atoms with van der Waals surface area (Å²) in [6.45, 7) is 41.8. The van der Waals surface area contributed by atoms with Gasteiger partial charge in [-0.25, -0.2) is 15.0 Å². The van der Waals surface area contributed by atoms with Gasteiger partial charge in [-0.15, -0.1) is 0 Å². The van der Waals surface area contributed by atoms with Crippen molar-refractivity contribution in [1.29, 1.82) is 0 Å². The number of pyridine rings is 2. The van der Waals surface area contributed by atoms with Crippen molar-refractivity contribution in [3.8, 4) is 22.5 Å². The van der Waals surface area contributed by atoms with E-state index in [1.54, 1.807) is 0 Å². The highest BCUT2D eigenvalue weighted by atomic mass is 16.3. The van der Waals surface area contributed by atoms with Crippen LogP contribution < -0.4 is 5.32 Å². The largest absolute Gasteiger partial charge is 0.392 e. The number of hydrogen-bond acceptors (Lipinski definition) is 6. The SMILES string of the molecule is CC(C)(C)c1cc(/C2=C3\C=C[C@H](N3)[C@@H](c3cc(C(C)(C)C)cc(C(C)(C)C)c3)C3=N/C(=C(/c4ccc(-c5ccc6ccc7ccc(-c8ccc(CO)cc8)nc7c6n5)cc4)c4ccc([nH]4)/C(c4cc(C(C)(C)C)cc(C(C)(C)C)c4)=C4/C=CC2=N4)C=C3)cc(C(C)(C)C)c1. The molecule has 13 rings (SSSR count). The zero-order chi connectivity index (χ0) is 66.8. The maximum atomic E-state index is 9.75. The van der Waals surface area contributed by atoms with Gasteiger partial charge in [0.15, 0.2) is 0 Å². The minimum absolute atomic E-state index is 0.00248. The van der Waals surface area contributed by atoms with Gasteiger partial charge in [0.2, 0.25) is 0 Å². The first-order valence-corrected chi connectivity index (χ1v) is 33.7. The summed E-state index contributed by atoms with van der Waals surface area (Å²) in [5.74, 6) is -0.184. The van der Waals surface area contributed by atoms with Crippen LogP contribution in [0.3, 0.4) is 0 Å². The summed E-state index contributed by atoms with van der Waals surface area (Å²) in [6, 6.07) is 55.6. The molecule has 4 aliphatic rings. The molecule has 0 amide bonds. The van der Waals surface area contributed by atoms with E-state index in [1.807, 2.05) is 24.3 Å². The Balaban J connectivity index is 1.04. The number of nitrogens with zero attached hydrogens (tertiary/aromatic N) is 4. The number of aliphatic hydroxyl groups excluding tert-OH is 1. The molecule has 0 fully saturated rings. The van der Waals surface area contributed by atoms with Crippen molar-refractivity contribution in [2.24, 2.45) is 9.98 Å². The van der Waals surface area contributed by atoms with E-state index in [9.17, 15) is 5.11 Å². The molecule has 0 unspecified atom stereocenters. The molecular formula is C87H92N6O. The molecule has 9 aromatic rings. The molecule has 0 saturated heterocycles. The number of allylic oxidation sites excluding steroid dienone is 6. The predicted octanol–water partition coefficient (Wildman–Crippen LogP) is 21.0. The van der Waals surface area contributed by atoms with Crippen molar-refractivity contribution in [2.45, 2.75) is 176 Å². The first kappa shape index (κ1) is 63.7. The van der Waals surface area contributed by atoms with Gasteiger partial charge in [-0.2, -0.15) is 0 Å². The van der Waals surface area contributed by atoms with Gasteiger partial charge in [-0.05, 0) is 148 Å². The molecule has 7 heteroatoms. The van der Waals surface area contributed by atoms with Crippen LogP contribution in [-0.2, 0) is 39.1 Å². The molecule has 8 bridgehead atoms. The van der Waals surface area contributed by atoms with E-state index in [1.165, 1.54) is 38.9 Å². The van der Waals surface area contributed by atoms with Crippen molar-refractivity contribution in [2.75, 3.05) is 0 Å². The third-order valence-corrected chi connectivity index (χ3v) is 19.4. The molecule has 0 radical (unpaired) electrons. The van der Waals surface area contributed by atoms with Crippen LogP contribution in [0.25, 0.3) is 61.0 Å². The van der Waals surface area contributed by atoms with Gasteiger partial charge in [0.1, 0.15) is 0 Å². The van der Waals surface area contributed by atoms with Gasteiger partial charge in [0, 0.05) is 55.7 Å². The van der Waals surface area contributed by atoms with Crippen molar-refractivity contribution in [1.82, 2.24) is 20.3 Å². The van der Waals surface area contributed by atoms with E-state index in [0.29, 0.717) is 0 Å². The number of aromatic nitrogens is 3. The van der Waals surface area contributed by atoms with Gasteiger partial charge in [-0.3, -0.25) is 4.99 Å². The molecule has 476 valence electrons. The van der Waals surface area contributed by atoms with Gasteiger partial charge >= 0.3 is 0 Å². The lowest BCUT2D eigenvalue weighted by Gasteiger charge is -2.30. The zero-order valence-electron chi connectivity index (χ0n) is 58.5. The van der Waals surface area contributed by atoms with E-state index in [2.05, 4.69) is 299 Å². The molecule has 7 nitrogen and oxygen atoms in total. The summed E-state index contributed by atoms with van der Waals surface area (Å²) in [6.07, 6.45) is 13.7. The number of nitrogens with one attached hydrogen (secondary N) is 2. The number of aromatic amines is 1. The van der Waals surface area contributed by atoms with Gasteiger partial charge in [-0.1, -0.05) is 258 Å². The molecular weight excluding hydrogens is 1140 g/mol. The summed E-state index contributed by atoms with van der Waals surface area (Å²) >= 11 is 0. The molecule has 4 aliphatic heterocycles. The van der Waals surface area contributed by atoms with Crippen LogP contribution in [-0.4, -0.2) is 37.5 Å². The molecule has 0 aliphatic carbocycles. The smallest absolute Gasteiger partial charge is 0.0972 e. The topological polar surface area (TPSA) is 98.5 Å². The van der Waals surface area contributed by atoms with Crippen LogP contribution in [0.4, 0.5) is 0 Å². The first-order chi connectivity index (χ1) is 44.2. The van der Waals surface area contributed by atoms with E-state index in [-0.39, 0.29) is 51.1 Å². The highest BCUT2D eigenvalue weighted by Gasteiger charge is 2.36. The average molecular weight is 1240 g/mol. The lowest BCUT2D eigenvalue weighted by atomic mass is 9.76. The number of rotatable bonds is 7. The Labute approximate surface area is 558 Å². The van der Waals surface area contributed by atoms with Gasteiger partial charge in [0.05, 0.1) is 63.8 Å². The third kappa shape index (κ3) is 12.4. The van der Waals surface area contributed by atoms with Crippen molar-refractivity contribution in [3.05, 3.63) is 278 Å². The highest BCUT2D eigenvalue weighted by molar-refractivity contribution is 6.32. The highest BCUT2D eigenvalue weighted by Crippen LogP contribution is 2.45. The predicted molar refractivity (Wildman–Crippen MR) is 397 cm³/mol. The van der Waals surface area contributed by atoms with E-state index in [0.717, 1.165) is 123 Å². The van der Waals surface area contributed by atoms with Crippen molar-refractivity contribution < 1.29 is 5.11 Å². The van der Waals surface area contributed by atoms with Gasteiger partial charge < -0.3 is 15.4 Å². The fourth-order valence-electron chi connectivity index (χ4n) is 13.4. The van der Waals surface area contributed by atoms with E-state index >= 15 is 0 Å². The van der Waals surface area contributed by atoms with E-state index < -0.39 is 0 Å². The summed E-state index contributed by atoms with van der Waals surface area (Å²) < 4.78 is 0. The Hall–Kier alpha value is -9.04. The van der Waals surface area contributed by atoms with Crippen LogP contribution in [0.15, 0.2) is 215 Å². The lowest BCUT2D eigenvalue weighted by Crippen LogP contribution is -2.34.